The molecule has 8 heteroatoms. The molecule has 30 heavy (non-hydrogen) atoms. The number of aliphatic hydroxyl groups excluding tert-OH is 1. The largest absolute Gasteiger partial charge is 0.391 e. The number of hydrogen-bond acceptors (Lipinski definition) is 4. The molecule has 0 spiro atoms. The molecule has 3 N–H and O–H groups in total. The molecule has 162 valence electrons. The van der Waals surface area contributed by atoms with Crippen LogP contribution in [0.4, 0.5) is 0 Å². The molecule has 0 aromatic heterocycles. The number of amides is 3. The fraction of sp³-hybridized carbons (Fsp3) is 0.500. The van der Waals surface area contributed by atoms with Gasteiger partial charge in [0.1, 0.15) is 18.0 Å². The Morgan fingerprint density at radius 1 is 1.30 bits per heavy atom. The normalized spacial score (nSPS) is 19.7. The van der Waals surface area contributed by atoms with Gasteiger partial charge in [-0.3, -0.25) is 14.4 Å². The number of hydrogen-bond donors (Lipinski definition) is 3. The van der Waals surface area contributed by atoms with Gasteiger partial charge in [-0.05, 0) is 23.1 Å². The van der Waals surface area contributed by atoms with Crippen LogP contribution in [0, 0.1) is 17.8 Å². The van der Waals surface area contributed by atoms with Crippen molar-refractivity contribution in [2.24, 2.45) is 5.41 Å². The van der Waals surface area contributed by atoms with E-state index in [1.54, 1.807) is 12.1 Å². The number of β-amino-alcohol motifs (C(OH)–C–C–N with tert-alkyl or cyclic N) is 1. The van der Waals surface area contributed by atoms with E-state index in [2.05, 4.69) is 16.6 Å². The minimum absolute atomic E-state index is 0.0249. The number of terminal acetylenes is 1. The van der Waals surface area contributed by atoms with Crippen LogP contribution in [-0.4, -0.2) is 58.3 Å². The Balaban J connectivity index is 2.11. The first kappa shape index (κ1) is 23.7. The summed E-state index contributed by atoms with van der Waals surface area (Å²) in [5.74, 6) is 1.00. The molecular weight excluding hydrogens is 406 g/mol. The number of aliphatic hydroxyl groups is 1. The third-order valence-corrected chi connectivity index (χ3v) is 5.23. The van der Waals surface area contributed by atoms with E-state index in [1.807, 2.05) is 32.9 Å². The van der Waals surface area contributed by atoms with E-state index in [4.69, 9.17) is 18.0 Å². The lowest BCUT2D eigenvalue weighted by Gasteiger charge is -2.35. The van der Waals surface area contributed by atoms with Crippen molar-refractivity contribution in [1.82, 2.24) is 15.5 Å². The number of halogens is 1. The molecule has 7 nitrogen and oxygen atoms in total. The summed E-state index contributed by atoms with van der Waals surface area (Å²) in [6.45, 7) is 5.73. The second-order valence-electron chi connectivity index (χ2n) is 8.46. The van der Waals surface area contributed by atoms with Crippen molar-refractivity contribution >= 4 is 29.3 Å². The summed E-state index contributed by atoms with van der Waals surface area (Å²) >= 11 is 5.58. The average molecular weight is 434 g/mol. The van der Waals surface area contributed by atoms with E-state index < -0.39 is 35.4 Å². The highest BCUT2D eigenvalue weighted by atomic mass is 35.5. The molecule has 1 saturated heterocycles. The Hall–Kier alpha value is -2.56. The third kappa shape index (κ3) is 5.97. The maximum Gasteiger partial charge on any atom is 0.246 e. The number of carbonyl (C=O) groups excluding carboxylic acids is 3. The van der Waals surface area contributed by atoms with Crippen LogP contribution < -0.4 is 10.6 Å². The van der Waals surface area contributed by atoms with Crippen molar-refractivity contribution in [3.8, 4) is 12.3 Å². The topological polar surface area (TPSA) is 98.7 Å². The first-order valence-electron chi connectivity index (χ1n) is 9.74. The molecule has 0 radical (unpaired) electrons. The second-order valence-corrected chi connectivity index (χ2v) is 8.72. The van der Waals surface area contributed by atoms with Crippen molar-refractivity contribution in [1.29, 1.82) is 0 Å². The Labute approximate surface area is 182 Å². The van der Waals surface area contributed by atoms with E-state index >= 15 is 0 Å². The minimum Gasteiger partial charge on any atom is -0.391 e. The number of alkyl halides is 1. The molecule has 1 aromatic rings. The SMILES string of the molecule is C#Cc1ccc(CNC(=O)[C@@H]2C[C@@H](O)CN2C(=O)C(NC(=O)CCl)C(C)(C)C)cc1. The van der Waals surface area contributed by atoms with Gasteiger partial charge in [0.05, 0.1) is 6.10 Å². The van der Waals surface area contributed by atoms with E-state index in [0.29, 0.717) is 0 Å². The minimum atomic E-state index is -0.874. The highest BCUT2D eigenvalue weighted by Crippen LogP contribution is 2.26. The van der Waals surface area contributed by atoms with Gasteiger partial charge in [0.25, 0.3) is 0 Å². The Kier molecular flexibility index (Phi) is 7.88. The number of rotatable bonds is 6. The Morgan fingerprint density at radius 3 is 2.47 bits per heavy atom. The fourth-order valence-electron chi connectivity index (χ4n) is 3.35. The molecule has 1 fully saturated rings. The van der Waals surface area contributed by atoms with Gasteiger partial charge in [0.2, 0.25) is 17.7 Å². The molecule has 1 aliphatic heterocycles. The van der Waals surface area contributed by atoms with Crippen LogP contribution in [-0.2, 0) is 20.9 Å². The van der Waals surface area contributed by atoms with E-state index in [0.717, 1.165) is 11.1 Å². The first-order chi connectivity index (χ1) is 14.1. The van der Waals surface area contributed by atoms with E-state index in [1.165, 1.54) is 4.90 Å². The Morgan fingerprint density at radius 2 is 1.93 bits per heavy atom. The summed E-state index contributed by atoms with van der Waals surface area (Å²) in [5.41, 5.74) is 1.00. The smallest absolute Gasteiger partial charge is 0.246 e. The molecule has 0 bridgehead atoms. The maximum atomic E-state index is 13.2. The monoisotopic (exact) mass is 433 g/mol. The van der Waals surface area contributed by atoms with Crippen LogP contribution in [0.1, 0.15) is 38.3 Å². The van der Waals surface area contributed by atoms with Crippen molar-refractivity contribution in [3.63, 3.8) is 0 Å². The number of nitrogens with one attached hydrogen (secondary N) is 2. The molecule has 3 atom stereocenters. The zero-order chi connectivity index (χ0) is 22.5. The molecule has 3 amide bonds. The van der Waals surface area contributed by atoms with Gasteiger partial charge in [-0.1, -0.05) is 38.8 Å². The molecule has 1 unspecified atom stereocenters. The summed E-state index contributed by atoms with van der Waals surface area (Å²) in [4.78, 5) is 39.2. The number of carbonyl (C=O) groups is 3. The van der Waals surface area contributed by atoms with Crippen molar-refractivity contribution < 1.29 is 19.5 Å². The molecular formula is C22H28ClN3O4. The molecule has 1 heterocycles. The predicted molar refractivity (Wildman–Crippen MR) is 114 cm³/mol. The standard InChI is InChI=1S/C22H28ClN3O4/c1-5-14-6-8-15(9-7-14)12-24-20(29)17-10-16(27)13-26(17)21(30)19(22(2,3)4)25-18(28)11-23/h1,6-9,16-17,19,27H,10-13H2,2-4H3,(H,24,29)(H,25,28)/t16-,17+,19?/m1/s1. The van der Waals surface area contributed by atoms with Crippen LogP contribution in [0.3, 0.4) is 0 Å². The number of nitrogens with zero attached hydrogens (tertiary/aromatic N) is 1. The molecule has 2 rings (SSSR count). The zero-order valence-electron chi connectivity index (χ0n) is 17.4. The molecule has 0 aliphatic carbocycles. The maximum absolute atomic E-state index is 13.2. The average Bonchev–Trinajstić information content (AvgIpc) is 3.10. The summed E-state index contributed by atoms with van der Waals surface area (Å²) in [6, 6.07) is 5.50. The second kappa shape index (κ2) is 9.96. The lowest BCUT2D eigenvalue weighted by molar-refractivity contribution is -0.143. The van der Waals surface area contributed by atoms with Gasteiger partial charge in [-0.2, -0.15) is 0 Å². The summed E-state index contributed by atoms with van der Waals surface area (Å²) < 4.78 is 0. The highest BCUT2D eigenvalue weighted by Gasteiger charge is 2.44. The van der Waals surface area contributed by atoms with E-state index in [-0.39, 0.29) is 31.3 Å². The van der Waals surface area contributed by atoms with Gasteiger partial charge in [0, 0.05) is 25.1 Å². The van der Waals surface area contributed by atoms with Crippen molar-refractivity contribution in [2.45, 2.75) is 51.9 Å². The fourth-order valence-corrected chi connectivity index (χ4v) is 3.42. The molecule has 1 aromatic carbocycles. The van der Waals surface area contributed by atoms with E-state index in [9.17, 15) is 19.5 Å². The number of benzene rings is 1. The van der Waals surface area contributed by atoms with Crippen molar-refractivity contribution in [3.05, 3.63) is 35.4 Å². The lowest BCUT2D eigenvalue weighted by atomic mass is 9.85. The van der Waals surface area contributed by atoms with Gasteiger partial charge in [0.15, 0.2) is 0 Å². The van der Waals surface area contributed by atoms with Crippen LogP contribution >= 0.6 is 11.6 Å². The summed E-state index contributed by atoms with van der Waals surface area (Å²) in [5, 5.41) is 15.6. The van der Waals surface area contributed by atoms with Crippen LogP contribution in [0.5, 0.6) is 0 Å². The van der Waals surface area contributed by atoms with Gasteiger partial charge >= 0.3 is 0 Å². The lowest BCUT2D eigenvalue weighted by Crippen LogP contribution is -2.58. The van der Waals surface area contributed by atoms with Gasteiger partial charge < -0.3 is 20.6 Å². The number of likely N-dealkylation sites (tertiary alicyclic amines) is 1. The van der Waals surface area contributed by atoms with Crippen LogP contribution in [0.25, 0.3) is 0 Å². The molecule has 0 saturated carbocycles. The zero-order valence-corrected chi connectivity index (χ0v) is 18.2. The highest BCUT2D eigenvalue weighted by molar-refractivity contribution is 6.27. The third-order valence-electron chi connectivity index (χ3n) is 4.99. The van der Waals surface area contributed by atoms with Crippen LogP contribution in [0.2, 0.25) is 0 Å². The summed E-state index contributed by atoms with van der Waals surface area (Å²) in [7, 11) is 0. The van der Waals surface area contributed by atoms with Gasteiger partial charge in [-0.15, -0.1) is 18.0 Å². The summed E-state index contributed by atoms with van der Waals surface area (Å²) in [6.07, 6.45) is 4.66. The van der Waals surface area contributed by atoms with Crippen LogP contribution in [0.15, 0.2) is 24.3 Å². The quantitative estimate of drug-likeness (QED) is 0.460. The first-order valence-corrected chi connectivity index (χ1v) is 10.3. The van der Waals surface area contributed by atoms with Gasteiger partial charge in [-0.25, -0.2) is 0 Å². The molecule has 1 aliphatic rings. The predicted octanol–water partition coefficient (Wildman–Crippen LogP) is 1.02. The van der Waals surface area contributed by atoms with Crippen molar-refractivity contribution in [2.75, 3.05) is 12.4 Å². The Bertz CT molecular complexity index is 826.